The molecule has 4 nitrogen and oxygen atoms in total. The van der Waals surface area contributed by atoms with Gasteiger partial charge >= 0.3 is 0 Å². The third-order valence-corrected chi connectivity index (χ3v) is 0.414. The number of rotatable bonds is 1. The van der Waals surface area contributed by atoms with E-state index < -0.39 is 0 Å². The maximum absolute atomic E-state index is 7.84. The average molecular weight is 102 g/mol. The van der Waals surface area contributed by atoms with Crippen LogP contribution in [0.25, 0.3) is 0 Å². The van der Waals surface area contributed by atoms with Crippen molar-refractivity contribution < 1.29 is 5.21 Å². The zero-order chi connectivity index (χ0) is 5.70. The molecule has 0 aliphatic rings. The number of guanidine groups is 1. The van der Waals surface area contributed by atoms with E-state index in [1.807, 2.05) is 0 Å². The fourth-order valence-electron chi connectivity index (χ4n) is 0.163. The number of hydrogen-bond acceptors (Lipinski definition) is 2. The molecule has 0 aromatic rings. The van der Waals surface area contributed by atoms with E-state index in [0.717, 1.165) is 0 Å². The maximum Gasteiger partial charge on any atom is 0.230 e. The predicted octanol–water partition coefficient (Wildman–Crippen LogP) is -0.886. The highest BCUT2D eigenvalue weighted by molar-refractivity contribution is 5.76. The Bertz CT molecular complexity index is 70.6. The summed E-state index contributed by atoms with van der Waals surface area (Å²) in [4.78, 5) is 0. The van der Waals surface area contributed by atoms with Crippen LogP contribution in [0.3, 0.4) is 0 Å². The van der Waals surface area contributed by atoms with E-state index >= 15 is 0 Å². The Labute approximate surface area is 42.0 Å². The van der Waals surface area contributed by atoms with Gasteiger partial charge in [-0.3, -0.25) is 0 Å². The highest BCUT2D eigenvalue weighted by atomic mass is 16.4. The van der Waals surface area contributed by atoms with Gasteiger partial charge in [0.25, 0.3) is 0 Å². The molecule has 7 heavy (non-hydrogen) atoms. The van der Waals surface area contributed by atoms with Crippen molar-refractivity contribution in [2.75, 3.05) is 6.54 Å². The minimum Gasteiger partial charge on any atom is -0.408 e. The second-order valence-corrected chi connectivity index (χ2v) is 0.912. The second kappa shape index (κ2) is 3.27. The van der Waals surface area contributed by atoms with Gasteiger partial charge in [0.05, 0.1) is 0 Å². The lowest BCUT2D eigenvalue weighted by Crippen LogP contribution is -2.30. The Hall–Kier alpha value is -0.930. The smallest absolute Gasteiger partial charge is 0.230 e. The molecule has 0 rings (SSSR count). The first-order valence-corrected chi connectivity index (χ1v) is 1.82. The van der Waals surface area contributed by atoms with Crippen molar-refractivity contribution in [3.05, 3.63) is 6.92 Å². The lowest BCUT2D eigenvalue weighted by Gasteiger charge is -1.94. The largest absolute Gasteiger partial charge is 0.408 e. The quantitative estimate of drug-likeness (QED) is 0.174. The van der Waals surface area contributed by atoms with Gasteiger partial charge in [-0.25, -0.2) is 0 Å². The molecule has 41 valence electrons. The Morgan fingerprint density at radius 1 is 2.00 bits per heavy atom. The Morgan fingerprint density at radius 2 is 2.57 bits per heavy atom. The molecule has 0 saturated heterocycles. The summed E-state index contributed by atoms with van der Waals surface area (Å²) in [5.74, 6) is -0.00463. The topological polar surface area (TPSA) is 70.6 Å². The zero-order valence-corrected chi connectivity index (χ0v) is 3.89. The van der Waals surface area contributed by atoms with E-state index in [0.29, 0.717) is 6.54 Å². The predicted molar refractivity (Wildman–Crippen MR) is 26.8 cm³/mol. The number of oxime groups is 1. The fourth-order valence-corrected chi connectivity index (χ4v) is 0.163. The van der Waals surface area contributed by atoms with Crippen molar-refractivity contribution in [3.63, 3.8) is 0 Å². The van der Waals surface area contributed by atoms with Crippen LogP contribution in [0.4, 0.5) is 0 Å². The summed E-state index contributed by atoms with van der Waals surface area (Å²) in [6.07, 6.45) is 0. The van der Waals surface area contributed by atoms with E-state index in [2.05, 4.69) is 17.4 Å². The molecule has 0 spiro atoms. The monoisotopic (exact) mass is 102 g/mol. The van der Waals surface area contributed by atoms with Gasteiger partial charge < -0.3 is 16.3 Å². The maximum atomic E-state index is 7.84. The molecule has 0 atom stereocenters. The normalized spacial score (nSPS) is 11.3. The number of nitrogens with two attached hydrogens (primary N) is 1. The van der Waals surface area contributed by atoms with Crippen LogP contribution in [0.15, 0.2) is 5.16 Å². The molecule has 0 fully saturated rings. The molecule has 0 heterocycles. The molecule has 4 heteroatoms. The molecule has 4 N–H and O–H groups in total. The van der Waals surface area contributed by atoms with Crippen molar-refractivity contribution in [2.24, 2.45) is 10.9 Å². The van der Waals surface area contributed by atoms with Gasteiger partial charge in [0.1, 0.15) is 0 Å². The third-order valence-electron chi connectivity index (χ3n) is 0.414. The summed E-state index contributed by atoms with van der Waals surface area (Å²) >= 11 is 0. The standard InChI is InChI=1S/C3H8N3O/c1-2-5-3(4)6-7/h7H,1-2H2,(H3,4,5,6). The lowest BCUT2D eigenvalue weighted by atomic mass is 10.7. The third kappa shape index (κ3) is 2.88. The van der Waals surface area contributed by atoms with Gasteiger partial charge in [0.2, 0.25) is 5.96 Å². The van der Waals surface area contributed by atoms with Crippen LogP contribution >= 0.6 is 0 Å². The van der Waals surface area contributed by atoms with Gasteiger partial charge in [-0.2, -0.15) is 0 Å². The van der Waals surface area contributed by atoms with E-state index in [1.165, 1.54) is 0 Å². The average Bonchev–Trinajstić information content (AvgIpc) is 1.68. The molecule has 0 aliphatic carbocycles. The number of nitrogens with one attached hydrogen (secondary N) is 1. The summed E-state index contributed by atoms with van der Waals surface area (Å²) in [6.45, 7) is 3.82. The van der Waals surface area contributed by atoms with Gasteiger partial charge in [0, 0.05) is 6.54 Å². The summed E-state index contributed by atoms with van der Waals surface area (Å²) in [5.41, 5.74) is 4.93. The van der Waals surface area contributed by atoms with Crippen molar-refractivity contribution in [1.82, 2.24) is 5.32 Å². The van der Waals surface area contributed by atoms with E-state index in [1.54, 1.807) is 0 Å². The van der Waals surface area contributed by atoms with Crippen LogP contribution < -0.4 is 11.1 Å². The highest BCUT2D eigenvalue weighted by Gasteiger charge is 1.80. The van der Waals surface area contributed by atoms with Crippen molar-refractivity contribution >= 4 is 5.96 Å². The molecular formula is C3H8N3O. The van der Waals surface area contributed by atoms with Crippen molar-refractivity contribution in [2.45, 2.75) is 0 Å². The Balaban J connectivity index is 3.17. The van der Waals surface area contributed by atoms with Gasteiger partial charge in [-0.1, -0.05) is 5.16 Å². The number of hydrogen-bond donors (Lipinski definition) is 3. The minimum atomic E-state index is -0.00463. The first-order chi connectivity index (χ1) is 3.31. The Kier molecular flexibility index (Phi) is 2.83. The summed E-state index contributed by atoms with van der Waals surface area (Å²) in [5, 5.41) is 12.9. The van der Waals surface area contributed by atoms with Crippen molar-refractivity contribution in [1.29, 1.82) is 0 Å². The van der Waals surface area contributed by atoms with Crippen LogP contribution in [0.5, 0.6) is 0 Å². The van der Waals surface area contributed by atoms with Crippen LogP contribution in [0.2, 0.25) is 0 Å². The number of nitrogens with zero attached hydrogens (tertiary/aromatic N) is 1. The molecule has 0 aromatic carbocycles. The SMILES string of the molecule is [CH2]CNC(N)=NO. The molecule has 0 bridgehead atoms. The molecule has 0 amide bonds. The lowest BCUT2D eigenvalue weighted by molar-refractivity contribution is 0.316. The fraction of sp³-hybridized carbons (Fsp3) is 0.333. The molecule has 0 aliphatic heterocycles. The minimum absolute atomic E-state index is 0.00463. The highest BCUT2D eigenvalue weighted by Crippen LogP contribution is 1.53. The van der Waals surface area contributed by atoms with E-state index in [-0.39, 0.29) is 5.96 Å². The van der Waals surface area contributed by atoms with Crippen LogP contribution in [0, 0.1) is 6.92 Å². The van der Waals surface area contributed by atoms with Crippen LogP contribution in [0.1, 0.15) is 0 Å². The van der Waals surface area contributed by atoms with Crippen LogP contribution in [-0.2, 0) is 0 Å². The molecule has 0 saturated carbocycles. The zero-order valence-electron chi connectivity index (χ0n) is 3.89. The van der Waals surface area contributed by atoms with Crippen molar-refractivity contribution in [3.8, 4) is 0 Å². The van der Waals surface area contributed by atoms with E-state index in [4.69, 9.17) is 10.9 Å². The molecule has 0 unspecified atom stereocenters. The summed E-state index contributed by atoms with van der Waals surface area (Å²) < 4.78 is 0. The molecule has 1 radical (unpaired) electrons. The van der Waals surface area contributed by atoms with Gasteiger partial charge in [-0.05, 0) is 6.92 Å². The second-order valence-electron chi connectivity index (χ2n) is 0.912. The van der Waals surface area contributed by atoms with Gasteiger partial charge in [-0.15, -0.1) is 0 Å². The van der Waals surface area contributed by atoms with E-state index in [9.17, 15) is 0 Å². The summed E-state index contributed by atoms with van der Waals surface area (Å²) in [6, 6.07) is 0. The first-order valence-electron chi connectivity index (χ1n) is 1.82. The molecular weight excluding hydrogens is 94.1 g/mol. The summed E-state index contributed by atoms with van der Waals surface area (Å²) in [7, 11) is 0. The van der Waals surface area contributed by atoms with Crippen LogP contribution in [-0.4, -0.2) is 17.7 Å². The van der Waals surface area contributed by atoms with Gasteiger partial charge in [0.15, 0.2) is 0 Å². The Morgan fingerprint density at radius 3 is 2.71 bits per heavy atom. The molecule has 0 aromatic heterocycles. The first kappa shape index (κ1) is 6.07.